The van der Waals surface area contributed by atoms with Gasteiger partial charge in [0.05, 0.1) is 0 Å². The molecule has 1 heterocycles. The Kier molecular flexibility index (Phi) is 6.62. The van der Waals surface area contributed by atoms with Gasteiger partial charge in [-0.1, -0.05) is 6.08 Å². The lowest BCUT2D eigenvalue weighted by atomic mass is 9.91. The Morgan fingerprint density at radius 1 is 1.08 bits per heavy atom. The molecule has 202 valence electrons. The number of halogens is 4. The number of allylic oxidation sites excluding steroid dienone is 2. The second kappa shape index (κ2) is 9.93. The van der Waals surface area contributed by atoms with Crippen molar-refractivity contribution in [3.63, 3.8) is 0 Å². The van der Waals surface area contributed by atoms with Crippen molar-refractivity contribution in [2.45, 2.75) is 25.6 Å². The monoisotopic (exact) mass is 543 g/mol. The molecule has 39 heavy (non-hydrogen) atoms. The summed E-state index contributed by atoms with van der Waals surface area (Å²) >= 11 is 0. The molecule has 1 fully saturated rings. The molecular formula is C27H21F4N3O5. The van der Waals surface area contributed by atoms with Crippen LogP contribution in [-0.4, -0.2) is 28.3 Å². The Bertz CT molecular complexity index is 1510. The van der Waals surface area contributed by atoms with Gasteiger partial charge in [-0.25, -0.2) is 4.39 Å². The van der Waals surface area contributed by atoms with E-state index in [-0.39, 0.29) is 28.8 Å². The van der Waals surface area contributed by atoms with Gasteiger partial charge in [-0.05, 0) is 78.6 Å². The molecule has 12 heteroatoms. The number of aromatic hydroxyl groups is 1. The number of phenols is 1. The Labute approximate surface area is 219 Å². The molecule has 2 unspecified atom stereocenters. The van der Waals surface area contributed by atoms with Crippen LogP contribution in [0.4, 0.5) is 23.2 Å². The molecule has 2 aliphatic rings. The number of nitrogens with zero attached hydrogens (tertiary/aromatic N) is 1. The standard InChI is InChI=1S/C27H21F4N3O5/c28-19-9-15(18-8-13-1-2-14(18)7-13)10-23(38-22-4-3-17(12-21(22)35)39-27(29,30)31)24(19)26(37)34-16-5-6-33-20(11-16)25(32)36/h3-6,8-14,35H,1-2,7H2,(H2,32,36)(H,33,34,37). The number of fused-ring (bicyclic) bond motifs is 2. The van der Waals surface area contributed by atoms with E-state index in [1.54, 1.807) is 0 Å². The number of nitrogens with one attached hydrogen (secondary N) is 1. The number of hydrogen-bond acceptors (Lipinski definition) is 6. The number of primary amides is 1. The molecule has 5 rings (SSSR count). The van der Waals surface area contributed by atoms with Crippen LogP contribution in [0.15, 0.2) is 54.7 Å². The molecule has 0 saturated heterocycles. The Morgan fingerprint density at radius 2 is 1.87 bits per heavy atom. The quantitative estimate of drug-likeness (QED) is 0.325. The van der Waals surface area contributed by atoms with E-state index in [1.165, 1.54) is 30.5 Å². The average molecular weight is 543 g/mol. The van der Waals surface area contributed by atoms with E-state index < -0.39 is 41.1 Å². The zero-order chi connectivity index (χ0) is 27.9. The van der Waals surface area contributed by atoms with Gasteiger partial charge in [0.2, 0.25) is 0 Å². The number of rotatable bonds is 7. The maximum Gasteiger partial charge on any atom is 0.573 e. The van der Waals surface area contributed by atoms with Crippen LogP contribution in [0.1, 0.15) is 45.7 Å². The molecule has 0 radical (unpaired) electrons. The minimum absolute atomic E-state index is 0.102. The van der Waals surface area contributed by atoms with Crippen molar-refractivity contribution in [2.75, 3.05) is 5.32 Å². The van der Waals surface area contributed by atoms with E-state index in [2.05, 4.69) is 21.1 Å². The van der Waals surface area contributed by atoms with Crippen LogP contribution in [0.5, 0.6) is 23.0 Å². The number of benzene rings is 2. The SMILES string of the molecule is NC(=O)c1cc(NC(=O)c2c(F)cc(C3=CC4CCC3C4)cc2Oc2ccc(OC(F)(F)F)cc2O)ccn1. The van der Waals surface area contributed by atoms with E-state index in [0.29, 0.717) is 17.5 Å². The van der Waals surface area contributed by atoms with E-state index in [1.807, 2.05) is 0 Å². The number of pyridine rings is 1. The maximum absolute atomic E-state index is 15.6. The first-order valence-corrected chi connectivity index (χ1v) is 11.9. The van der Waals surface area contributed by atoms with Gasteiger partial charge in [0, 0.05) is 18.0 Å². The van der Waals surface area contributed by atoms with Crippen LogP contribution in [0.2, 0.25) is 0 Å². The first kappa shape index (κ1) is 26.0. The zero-order valence-electron chi connectivity index (χ0n) is 20.1. The Hall–Kier alpha value is -4.61. The highest BCUT2D eigenvalue weighted by Gasteiger charge is 2.35. The van der Waals surface area contributed by atoms with Crippen LogP contribution in [0, 0.1) is 17.7 Å². The van der Waals surface area contributed by atoms with Gasteiger partial charge in [0.25, 0.3) is 11.8 Å². The van der Waals surface area contributed by atoms with Crippen molar-refractivity contribution in [3.05, 3.63) is 77.4 Å². The molecule has 2 amide bonds. The molecule has 0 spiro atoms. The van der Waals surface area contributed by atoms with Crippen molar-refractivity contribution in [1.29, 1.82) is 0 Å². The zero-order valence-corrected chi connectivity index (χ0v) is 20.1. The van der Waals surface area contributed by atoms with Crippen LogP contribution in [0.3, 0.4) is 0 Å². The van der Waals surface area contributed by atoms with E-state index >= 15 is 4.39 Å². The number of amides is 2. The summed E-state index contributed by atoms with van der Waals surface area (Å²) in [5.74, 6) is -4.13. The molecule has 0 aliphatic heterocycles. The summed E-state index contributed by atoms with van der Waals surface area (Å²) in [6, 6.07) is 7.83. The molecule has 3 aromatic rings. The van der Waals surface area contributed by atoms with Crippen LogP contribution in [-0.2, 0) is 0 Å². The number of carbonyl (C=O) groups is 2. The Morgan fingerprint density at radius 3 is 2.51 bits per heavy atom. The van der Waals surface area contributed by atoms with Crippen molar-refractivity contribution in [3.8, 4) is 23.0 Å². The lowest BCUT2D eigenvalue weighted by Crippen LogP contribution is -2.18. The van der Waals surface area contributed by atoms with E-state index in [0.717, 1.165) is 37.0 Å². The molecule has 1 saturated carbocycles. The fraction of sp³-hybridized carbons (Fsp3) is 0.222. The highest BCUT2D eigenvalue weighted by atomic mass is 19.4. The second-order valence-electron chi connectivity index (χ2n) is 9.25. The van der Waals surface area contributed by atoms with Crippen LogP contribution < -0.4 is 20.5 Å². The van der Waals surface area contributed by atoms with Gasteiger partial charge in [-0.3, -0.25) is 14.6 Å². The summed E-state index contributed by atoms with van der Waals surface area (Å²) in [6.07, 6.45) is 1.25. The summed E-state index contributed by atoms with van der Waals surface area (Å²) in [4.78, 5) is 28.4. The number of aromatic nitrogens is 1. The topological polar surface area (TPSA) is 124 Å². The molecule has 8 nitrogen and oxygen atoms in total. The number of ether oxygens (including phenoxy) is 2. The fourth-order valence-corrected chi connectivity index (χ4v) is 4.96. The van der Waals surface area contributed by atoms with Gasteiger partial charge in [-0.15, -0.1) is 13.2 Å². The van der Waals surface area contributed by atoms with Crippen molar-refractivity contribution in [2.24, 2.45) is 17.6 Å². The summed E-state index contributed by atoms with van der Waals surface area (Å²) in [5, 5.41) is 12.8. The summed E-state index contributed by atoms with van der Waals surface area (Å²) in [6.45, 7) is 0. The first-order chi connectivity index (χ1) is 18.5. The highest BCUT2D eigenvalue weighted by Crippen LogP contribution is 2.49. The molecule has 2 atom stereocenters. The average Bonchev–Trinajstić information content (AvgIpc) is 3.48. The minimum atomic E-state index is -4.98. The smallest absolute Gasteiger partial charge is 0.504 e. The number of anilines is 1. The molecular weight excluding hydrogens is 522 g/mol. The third-order valence-corrected chi connectivity index (χ3v) is 6.60. The fourth-order valence-electron chi connectivity index (χ4n) is 4.96. The predicted molar refractivity (Wildman–Crippen MR) is 131 cm³/mol. The minimum Gasteiger partial charge on any atom is -0.504 e. The van der Waals surface area contributed by atoms with Gasteiger partial charge in [0.1, 0.15) is 28.6 Å². The van der Waals surface area contributed by atoms with Gasteiger partial charge >= 0.3 is 6.36 Å². The van der Waals surface area contributed by atoms with Crippen LogP contribution in [0.25, 0.3) is 5.57 Å². The summed E-state index contributed by atoms with van der Waals surface area (Å²) < 4.78 is 62.7. The molecule has 4 N–H and O–H groups in total. The van der Waals surface area contributed by atoms with Crippen molar-refractivity contribution >= 4 is 23.1 Å². The lowest BCUT2D eigenvalue weighted by molar-refractivity contribution is -0.274. The summed E-state index contributed by atoms with van der Waals surface area (Å²) in [7, 11) is 0. The number of hydrogen-bond donors (Lipinski definition) is 3. The summed E-state index contributed by atoms with van der Waals surface area (Å²) in [5.41, 5.74) is 6.07. The van der Waals surface area contributed by atoms with Gasteiger partial charge in [0.15, 0.2) is 11.5 Å². The predicted octanol–water partition coefficient (Wildman–Crippen LogP) is 5.78. The van der Waals surface area contributed by atoms with Gasteiger partial charge in [-0.2, -0.15) is 0 Å². The van der Waals surface area contributed by atoms with E-state index in [4.69, 9.17) is 10.5 Å². The number of nitrogens with two attached hydrogens (primary N) is 1. The highest BCUT2D eigenvalue weighted by molar-refractivity contribution is 6.07. The number of phenolic OH excluding ortho intramolecular Hbond substituents is 1. The van der Waals surface area contributed by atoms with Crippen molar-refractivity contribution in [1.82, 2.24) is 4.98 Å². The Balaban J connectivity index is 1.52. The second-order valence-corrected chi connectivity index (χ2v) is 9.25. The molecule has 1 aromatic heterocycles. The van der Waals surface area contributed by atoms with Crippen LogP contribution >= 0.6 is 0 Å². The van der Waals surface area contributed by atoms with E-state index in [9.17, 15) is 27.9 Å². The molecule has 2 aliphatic carbocycles. The van der Waals surface area contributed by atoms with Crippen molar-refractivity contribution < 1.29 is 41.7 Å². The first-order valence-electron chi connectivity index (χ1n) is 11.9. The van der Waals surface area contributed by atoms with Gasteiger partial charge < -0.3 is 25.6 Å². The third-order valence-electron chi connectivity index (χ3n) is 6.60. The largest absolute Gasteiger partial charge is 0.573 e. The number of alkyl halides is 3. The molecule has 2 aromatic carbocycles. The third kappa shape index (κ3) is 5.64. The maximum atomic E-state index is 15.6. The normalized spacial score (nSPS) is 18.0. The number of carbonyl (C=O) groups excluding carboxylic acids is 2. The lowest BCUT2D eigenvalue weighted by Gasteiger charge is -2.18. The molecule has 2 bridgehead atoms.